The van der Waals surface area contributed by atoms with Gasteiger partial charge in [-0.25, -0.2) is 0 Å². The minimum absolute atomic E-state index is 0.0115. The van der Waals surface area contributed by atoms with Crippen LogP contribution in [0.3, 0.4) is 0 Å². The van der Waals surface area contributed by atoms with Gasteiger partial charge in [0.05, 0.1) is 19.1 Å². The molecular weight excluding hydrogens is 294 g/mol. The summed E-state index contributed by atoms with van der Waals surface area (Å²) in [5.74, 6) is -1.19. The predicted octanol–water partition coefficient (Wildman–Crippen LogP) is 2.86. The standard InChI is InChI=1S/C15H18ClNO4/c1-8(15(19)20)4-13(18)17-7-10-5-11(21-3)6-12(16)14(10)9(17)2/h5-6,8-9H,4,7H2,1-3H3,(H,19,20)/t8-,9?/m0/s1. The van der Waals surface area contributed by atoms with Gasteiger partial charge in [-0.1, -0.05) is 18.5 Å². The molecule has 0 aliphatic carbocycles. The zero-order chi connectivity index (χ0) is 15.7. The van der Waals surface area contributed by atoms with Gasteiger partial charge in [-0.15, -0.1) is 0 Å². The van der Waals surface area contributed by atoms with Crippen LogP contribution in [-0.4, -0.2) is 29.0 Å². The highest BCUT2D eigenvalue weighted by atomic mass is 35.5. The molecule has 1 aliphatic heterocycles. The summed E-state index contributed by atoms with van der Waals surface area (Å²) in [4.78, 5) is 24.8. The third-order valence-electron chi connectivity index (χ3n) is 3.87. The summed E-state index contributed by atoms with van der Waals surface area (Å²) >= 11 is 6.26. The molecule has 0 bridgehead atoms. The summed E-state index contributed by atoms with van der Waals surface area (Å²) in [5.41, 5.74) is 1.86. The molecule has 0 saturated heterocycles. The molecule has 1 amide bonds. The molecule has 1 heterocycles. The summed E-state index contributed by atoms with van der Waals surface area (Å²) in [6.45, 7) is 3.86. The van der Waals surface area contributed by atoms with Crippen molar-refractivity contribution in [2.75, 3.05) is 7.11 Å². The fourth-order valence-electron chi connectivity index (χ4n) is 2.61. The van der Waals surface area contributed by atoms with Crippen molar-refractivity contribution in [2.24, 2.45) is 5.92 Å². The fourth-order valence-corrected chi connectivity index (χ4v) is 3.00. The van der Waals surface area contributed by atoms with Crippen LogP contribution in [0.5, 0.6) is 5.75 Å². The van der Waals surface area contributed by atoms with Crippen molar-refractivity contribution < 1.29 is 19.4 Å². The molecule has 0 radical (unpaired) electrons. The lowest BCUT2D eigenvalue weighted by Gasteiger charge is -2.23. The number of hydrogen-bond acceptors (Lipinski definition) is 3. The van der Waals surface area contributed by atoms with Crippen molar-refractivity contribution in [1.82, 2.24) is 4.90 Å². The molecule has 6 heteroatoms. The van der Waals surface area contributed by atoms with Gasteiger partial charge in [-0.3, -0.25) is 9.59 Å². The number of rotatable bonds is 4. The number of amides is 1. The Morgan fingerprint density at radius 1 is 1.52 bits per heavy atom. The lowest BCUT2D eigenvalue weighted by atomic mass is 10.0. The SMILES string of the molecule is COc1cc(Cl)c2c(c1)CN(C(=O)C[C@H](C)C(=O)O)C2C. The normalized spacial score (nSPS) is 18.3. The van der Waals surface area contributed by atoms with E-state index in [0.29, 0.717) is 17.3 Å². The van der Waals surface area contributed by atoms with Crippen LogP contribution in [-0.2, 0) is 16.1 Å². The van der Waals surface area contributed by atoms with Crippen molar-refractivity contribution in [2.45, 2.75) is 32.9 Å². The maximum Gasteiger partial charge on any atom is 0.306 e. The Hall–Kier alpha value is -1.75. The number of carbonyl (C=O) groups is 2. The summed E-state index contributed by atoms with van der Waals surface area (Å²) in [6.07, 6.45) is -0.0115. The molecule has 0 fully saturated rings. The minimum Gasteiger partial charge on any atom is -0.497 e. The number of halogens is 1. The number of carboxylic acid groups (broad SMARTS) is 1. The molecule has 5 nitrogen and oxygen atoms in total. The van der Waals surface area contributed by atoms with Crippen LogP contribution < -0.4 is 4.74 Å². The second kappa shape index (κ2) is 5.93. The smallest absolute Gasteiger partial charge is 0.306 e. The summed E-state index contributed by atoms with van der Waals surface area (Å²) in [5, 5.41) is 9.49. The molecule has 21 heavy (non-hydrogen) atoms. The Morgan fingerprint density at radius 3 is 2.76 bits per heavy atom. The molecule has 2 atom stereocenters. The average molecular weight is 312 g/mol. The summed E-state index contributed by atoms with van der Waals surface area (Å²) < 4.78 is 5.18. The zero-order valence-corrected chi connectivity index (χ0v) is 13.0. The molecule has 1 aliphatic rings. The molecule has 0 aromatic heterocycles. The van der Waals surface area contributed by atoms with E-state index >= 15 is 0 Å². The van der Waals surface area contributed by atoms with E-state index in [1.54, 1.807) is 18.1 Å². The first-order chi connectivity index (χ1) is 9.85. The molecule has 1 unspecified atom stereocenters. The number of aliphatic carboxylic acids is 1. The van der Waals surface area contributed by atoms with E-state index in [-0.39, 0.29) is 18.4 Å². The topological polar surface area (TPSA) is 66.8 Å². The minimum atomic E-state index is -0.965. The first-order valence-electron chi connectivity index (χ1n) is 6.73. The van der Waals surface area contributed by atoms with Crippen molar-refractivity contribution in [3.63, 3.8) is 0 Å². The monoisotopic (exact) mass is 311 g/mol. The van der Waals surface area contributed by atoms with Gasteiger partial charge in [0.1, 0.15) is 5.75 Å². The third-order valence-corrected chi connectivity index (χ3v) is 4.19. The van der Waals surface area contributed by atoms with E-state index in [0.717, 1.165) is 11.1 Å². The van der Waals surface area contributed by atoms with Gasteiger partial charge in [0.15, 0.2) is 0 Å². The first kappa shape index (κ1) is 15.6. The molecule has 0 spiro atoms. The molecule has 114 valence electrons. The lowest BCUT2D eigenvalue weighted by Crippen LogP contribution is -2.30. The Balaban J connectivity index is 2.22. The summed E-state index contributed by atoms with van der Waals surface area (Å²) in [7, 11) is 1.56. The maximum absolute atomic E-state index is 12.3. The van der Waals surface area contributed by atoms with Crippen LogP contribution in [0.25, 0.3) is 0 Å². The third kappa shape index (κ3) is 2.97. The van der Waals surface area contributed by atoms with E-state index in [9.17, 15) is 9.59 Å². The Kier molecular flexibility index (Phi) is 4.42. The van der Waals surface area contributed by atoms with E-state index in [1.165, 1.54) is 6.92 Å². The van der Waals surface area contributed by atoms with E-state index in [2.05, 4.69) is 0 Å². The molecule has 0 saturated carbocycles. The number of hydrogen-bond donors (Lipinski definition) is 1. The van der Waals surface area contributed by atoms with Crippen molar-refractivity contribution in [1.29, 1.82) is 0 Å². The zero-order valence-electron chi connectivity index (χ0n) is 12.2. The Morgan fingerprint density at radius 2 is 2.19 bits per heavy atom. The van der Waals surface area contributed by atoms with Gasteiger partial charge in [-0.2, -0.15) is 0 Å². The van der Waals surface area contributed by atoms with Gasteiger partial charge in [0.2, 0.25) is 5.91 Å². The van der Waals surface area contributed by atoms with E-state index in [1.807, 2.05) is 13.0 Å². The van der Waals surface area contributed by atoms with Crippen LogP contribution in [0.1, 0.15) is 37.4 Å². The second-order valence-corrected chi connectivity index (χ2v) is 5.73. The fraction of sp³-hybridized carbons (Fsp3) is 0.467. The van der Waals surface area contributed by atoms with Crippen molar-refractivity contribution >= 4 is 23.5 Å². The molecular formula is C15H18ClNO4. The average Bonchev–Trinajstić information content (AvgIpc) is 2.76. The van der Waals surface area contributed by atoms with Gasteiger partial charge in [0.25, 0.3) is 0 Å². The Bertz CT molecular complexity index is 587. The number of carbonyl (C=O) groups excluding carboxylic acids is 1. The molecule has 1 aromatic carbocycles. The maximum atomic E-state index is 12.3. The van der Waals surface area contributed by atoms with Crippen LogP contribution in [0.2, 0.25) is 5.02 Å². The van der Waals surface area contributed by atoms with Crippen LogP contribution in [0.4, 0.5) is 0 Å². The van der Waals surface area contributed by atoms with Gasteiger partial charge >= 0.3 is 5.97 Å². The molecule has 1 aromatic rings. The largest absolute Gasteiger partial charge is 0.497 e. The van der Waals surface area contributed by atoms with Gasteiger partial charge < -0.3 is 14.7 Å². The van der Waals surface area contributed by atoms with E-state index in [4.69, 9.17) is 21.4 Å². The Labute approximate surface area is 128 Å². The van der Waals surface area contributed by atoms with E-state index < -0.39 is 11.9 Å². The molecule has 1 N–H and O–H groups in total. The predicted molar refractivity (Wildman–Crippen MR) is 78.4 cm³/mol. The van der Waals surface area contributed by atoms with Gasteiger partial charge in [-0.05, 0) is 30.2 Å². The highest BCUT2D eigenvalue weighted by Gasteiger charge is 2.33. The number of benzene rings is 1. The second-order valence-electron chi connectivity index (χ2n) is 5.32. The van der Waals surface area contributed by atoms with Crippen LogP contribution in [0.15, 0.2) is 12.1 Å². The number of methoxy groups -OCH3 is 1. The van der Waals surface area contributed by atoms with Crippen molar-refractivity contribution in [3.05, 3.63) is 28.3 Å². The highest BCUT2D eigenvalue weighted by molar-refractivity contribution is 6.31. The van der Waals surface area contributed by atoms with Crippen LogP contribution in [0, 0.1) is 5.92 Å². The number of carboxylic acids is 1. The molecule has 2 rings (SSSR count). The number of nitrogens with zero attached hydrogens (tertiary/aromatic N) is 1. The highest BCUT2D eigenvalue weighted by Crippen LogP contribution is 2.40. The summed E-state index contributed by atoms with van der Waals surface area (Å²) in [6, 6.07) is 3.43. The first-order valence-corrected chi connectivity index (χ1v) is 7.11. The number of ether oxygens (including phenoxy) is 1. The number of fused-ring (bicyclic) bond motifs is 1. The van der Waals surface area contributed by atoms with Gasteiger partial charge in [0, 0.05) is 18.0 Å². The quantitative estimate of drug-likeness (QED) is 0.928. The lowest BCUT2D eigenvalue weighted by molar-refractivity contribution is -0.145. The van der Waals surface area contributed by atoms with Crippen molar-refractivity contribution in [3.8, 4) is 5.75 Å². The van der Waals surface area contributed by atoms with Crippen LogP contribution >= 0.6 is 11.6 Å².